The largest absolute Gasteiger partial charge is 0.461 e. The molecule has 0 aliphatic carbocycles. The lowest BCUT2D eigenvalue weighted by molar-refractivity contribution is -0.137. The van der Waals surface area contributed by atoms with Crippen LogP contribution in [0.4, 0.5) is 13.2 Å². The van der Waals surface area contributed by atoms with Crippen molar-refractivity contribution in [2.75, 3.05) is 0 Å². The summed E-state index contributed by atoms with van der Waals surface area (Å²) in [5.74, 6) is -1.78. The predicted molar refractivity (Wildman–Crippen MR) is 76.0 cm³/mol. The zero-order chi connectivity index (χ0) is 16.6. The Morgan fingerprint density at radius 1 is 1.35 bits per heavy atom. The van der Waals surface area contributed by atoms with Crippen molar-refractivity contribution in [3.63, 3.8) is 0 Å². The molecule has 116 valence electrons. The van der Waals surface area contributed by atoms with Gasteiger partial charge in [0.2, 0.25) is 5.78 Å². The molecule has 0 aliphatic heterocycles. The normalized spacial score (nSPS) is 13.0. The van der Waals surface area contributed by atoms with Crippen LogP contribution in [0.2, 0.25) is 0 Å². The lowest BCUT2D eigenvalue weighted by atomic mass is 10.1. The SMILES string of the molecule is N#CC(C(=O)c1ccco1)c1nc2ccc(C(F)(F)F)cc2s1. The van der Waals surface area contributed by atoms with Crippen molar-refractivity contribution in [2.45, 2.75) is 12.1 Å². The highest BCUT2D eigenvalue weighted by Gasteiger charge is 2.32. The van der Waals surface area contributed by atoms with Crippen LogP contribution < -0.4 is 0 Å². The summed E-state index contributed by atoms with van der Waals surface area (Å²) in [6, 6.07) is 7.86. The van der Waals surface area contributed by atoms with Crippen molar-refractivity contribution in [1.82, 2.24) is 4.98 Å². The molecule has 0 spiro atoms. The van der Waals surface area contributed by atoms with Gasteiger partial charge in [-0.15, -0.1) is 11.3 Å². The summed E-state index contributed by atoms with van der Waals surface area (Å²) < 4.78 is 43.4. The fraction of sp³-hybridized carbons (Fsp3) is 0.133. The average molecular weight is 336 g/mol. The van der Waals surface area contributed by atoms with Gasteiger partial charge in [0.05, 0.1) is 28.1 Å². The Bertz CT molecular complexity index is 907. The topological polar surface area (TPSA) is 66.9 Å². The number of thiazole rings is 1. The molecule has 4 nitrogen and oxygen atoms in total. The maximum Gasteiger partial charge on any atom is 0.416 e. The lowest BCUT2D eigenvalue weighted by Gasteiger charge is -2.04. The number of hydrogen-bond donors (Lipinski definition) is 0. The molecule has 2 heterocycles. The lowest BCUT2D eigenvalue weighted by Crippen LogP contribution is -2.10. The van der Waals surface area contributed by atoms with E-state index in [1.165, 1.54) is 24.5 Å². The first-order chi connectivity index (χ1) is 10.9. The molecule has 0 amide bonds. The number of furan rings is 1. The van der Waals surface area contributed by atoms with E-state index >= 15 is 0 Å². The number of rotatable bonds is 3. The maximum absolute atomic E-state index is 12.7. The number of aromatic nitrogens is 1. The summed E-state index contributed by atoms with van der Waals surface area (Å²) in [4.78, 5) is 16.3. The van der Waals surface area contributed by atoms with E-state index in [2.05, 4.69) is 4.98 Å². The van der Waals surface area contributed by atoms with Crippen LogP contribution in [-0.2, 0) is 6.18 Å². The van der Waals surface area contributed by atoms with E-state index in [0.717, 1.165) is 23.5 Å². The standard InChI is InChI=1S/C15H7F3N2O2S/c16-15(17,18)8-3-4-10-12(6-8)23-14(20-10)9(7-19)13(21)11-2-1-5-22-11/h1-6,9H. The van der Waals surface area contributed by atoms with Crippen LogP contribution in [0.25, 0.3) is 10.2 Å². The molecule has 0 radical (unpaired) electrons. The first-order valence-electron chi connectivity index (χ1n) is 6.35. The van der Waals surface area contributed by atoms with Gasteiger partial charge in [-0.1, -0.05) is 0 Å². The van der Waals surface area contributed by atoms with Gasteiger partial charge in [0.15, 0.2) is 11.7 Å². The van der Waals surface area contributed by atoms with Crippen LogP contribution >= 0.6 is 11.3 Å². The molecule has 8 heteroatoms. The first-order valence-corrected chi connectivity index (χ1v) is 7.17. The molecule has 1 unspecified atom stereocenters. The molecule has 1 aromatic carbocycles. The zero-order valence-corrected chi connectivity index (χ0v) is 12.1. The summed E-state index contributed by atoms with van der Waals surface area (Å²) in [5, 5.41) is 9.37. The number of benzene rings is 1. The summed E-state index contributed by atoms with van der Waals surface area (Å²) in [6.45, 7) is 0. The number of hydrogen-bond acceptors (Lipinski definition) is 5. The molecule has 23 heavy (non-hydrogen) atoms. The molecule has 2 aromatic heterocycles. The van der Waals surface area contributed by atoms with Crippen LogP contribution in [0.3, 0.4) is 0 Å². The monoisotopic (exact) mass is 336 g/mol. The molecule has 1 atom stereocenters. The van der Waals surface area contributed by atoms with E-state index in [4.69, 9.17) is 4.42 Å². The number of nitriles is 1. The van der Waals surface area contributed by atoms with Gasteiger partial charge < -0.3 is 4.42 Å². The smallest absolute Gasteiger partial charge is 0.416 e. The molecule has 0 saturated carbocycles. The molecule has 0 aliphatic rings. The van der Waals surface area contributed by atoms with Crippen LogP contribution in [0.1, 0.15) is 27.0 Å². The average Bonchev–Trinajstić information content (AvgIpc) is 3.15. The highest BCUT2D eigenvalue weighted by Crippen LogP contribution is 2.35. The number of carbonyl (C=O) groups excluding carboxylic acids is 1. The van der Waals surface area contributed by atoms with E-state index in [-0.39, 0.29) is 15.5 Å². The Morgan fingerprint density at radius 3 is 2.74 bits per heavy atom. The second-order valence-corrected chi connectivity index (χ2v) is 5.70. The van der Waals surface area contributed by atoms with Gasteiger partial charge in [0.1, 0.15) is 5.01 Å². The van der Waals surface area contributed by atoms with Crippen molar-refractivity contribution >= 4 is 27.3 Å². The Morgan fingerprint density at radius 2 is 2.13 bits per heavy atom. The molecule has 3 aromatic rings. The van der Waals surface area contributed by atoms with E-state index in [9.17, 15) is 23.2 Å². The number of ketones is 1. The third-order valence-corrected chi connectivity index (χ3v) is 4.22. The van der Waals surface area contributed by atoms with E-state index in [1.54, 1.807) is 0 Å². The summed E-state index contributed by atoms with van der Waals surface area (Å²) in [5.41, 5.74) is -0.489. The van der Waals surface area contributed by atoms with E-state index in [1.807, 2.05) is 6.07 Å². The molecular weight excluding hydrogens is 329 g/mol. The van der Waals surface area contributed by atoms with Gasteiger partial charge in [-0.3, -0.25) is 4.79 Å². The van der Waals surface area contributed by atoms with Gasteiger partial charge in [-0.2, -0.15) is 18.4 Å². The fourth-order valence-electron chi connectivity index (χ4n) is 2.03. The van der Waals surface area contributed by atoms with Crippen LogP contribution in [0.15, 0.2) is 41.0 Å². The van der Waals surface area contributed by atoms with Crippen molar-refractivity contribution in [3.8, 4) is 6.07 Å². The number of alkyl halides is 3. The number of carbonyl (C=O) groups is 1. The molecule has 0 fully saturated rings. The Kier molecular flexibility index (Phi) is 3.66. The van der Waals surface area contributed by atoms with E-state index < -0.39 is 23.4 Å². The minimum atomic E-state index is -4.46. The number of fused-ring (bicyclic) bond motifs is 1. The zero-order valence-electron chi connectivity index (χ0n) is 11.3. The van der Waals surface area contributed by atoms with Gasteiger partial charge >= 0.3 is 6.18 Å². The Labute approximate surface area is 131 Å². The third kappa shape index (κ3) is 2.83. The Balaban J connectivity index is 2.02. The number of Topliss-reactive ketones (excluding diaryl/α,β-unsaturated/α-hetero) is 1. The van der Waals surface area contributed by atoms with Crippen molar-refractivity contribution in [2.24, 2.45) is 0 Å². The summed E-state index contributed by atoms with van der Waals surface area (Å²) >= 11 is 0.890. The molecule has 3 rings (SSSR count). The first kappa shape index (κ1) is 15.2. The highest BCUT2D eigenvalue weighted by atomic mass is 32.1. The van der Waals surface area contributed by atoms with Gasteiger partial charge in [-0.05, 0) is 30.3 Å². The minimum absolute atomic E-state index is 0.00628. The number of halogens is 3. The molecular formula is C15H7F3N2O2S. The molecule has 0 bridgehead atoms. The second kappa shape index (κ2) is 5.52. The highest BCUT2D eigenvalue weighted by molar-refractivity contribution is 7.18. The van der Waals surface area contributed by atoms with Crippen LogP contribution in [0, 0.1) is 11.3 Å². The fourth-order valence-corrected chi connectivity index (χ4v) is 3.08. The predicted octanol–water partition coefficient (Wildman–Crippen LogP) is 4.40. The maximum atomic E-state index is 12.7. The quantitative estimate of drug-likeness (QED) is 0.665. The van der Waals surface area contributed by atoms with Gasteiger partial charge in [-0.25, -0.2) is 4.98 Å². The van der Waals surface area contributed by atoms with Crippen molar-refractivity contribution < 1.29 is 22.4 Å². The van der Waals surface area contributed by atoms with Crippen molar-refractivity contribution in [1.29, 1.82) is 5.26 Å². The molecule has 0 N–H and O–H groups in total. The molecule has 0 saturated heterocycles. The van der Waals surface area contributed by atoms with E-state index in [0.29, 0.717) is 5.52 Å². The second-order valence-electron chi connectivity index (χ2n) is 4.64. The minimum Gasteiger partial charge on any atom is -0.461 e. The van der Waals surface area contributed by atoms with Crippen LogP contribution in [-0.4, -0.2) is 10.8 Å². The Hall–Kier alpha value is -2.66. The van der Waals surface area contributed by atoms with Gasteiger partial charge in [0.25, 0.3) is 0 Å². The summed E-state index contributed by atoms with van der Waals surface area (Å²) in [6.07, 6.45) is -3.16. The summed E-state index contributed by atoms with van der Waals surface area (Å²) in [7, 11) is 0. The number of nitrogens with zero attached hydrogens (tertiary/aromatic N) is 2. The van der Waals surface area contributed by atoms with Gasteiger partial charge in [0, 0.05) is 0 Å². The van der Waals surface area contributed by atoms with Crippen molar-refractivity contribution in [3.05, 3.63) is 52.9 Å². The van der Waals surface area contributed by atoms with Crippen LogP contribution in [0.5, 0.6) is 0 Å². The third-order valence-electron chi connectivity index (χ3n) is 3.13.